The highest BCUT2D eigenvalue weighted by molar-refractivity contribution is 5.96. The van der Waals surface area contributed by atoms with Gasteiger partial charge in [-0.05, 0) is 44.2 Å². The largest absolute Gasteiger partial charge is 0.391 e. The number of pyridine rings is 1. The summed E-state index contributed by atoms with van der Waals surface area (Å²) in [4.78, 5) is 29.0. The number of carbonyl (C=O) groups is 2. The Bertz CT molecular complexity index is 559. The topological polar surface area (TPSA) is 91.3 Å². The summed E-state index contributed by atoms with van der Waals surface area (Å²) in [5.41, 5.74) is 1.11. The Morgan fingerprint density at radius 2 is 1.96 bits per heavy atom. The van der Waals surface area contributed by atoms with Crippen LogP contribution >= 0.6 is 0 Å². The maximum Gasteiger partial charge on any atom is 0.270 e. The first-order valence-electron chi connectivity index (χ1n) is 9.07. The number of aryl methyl sites for hydroxylation is 1. The molecular formula is C19H31N3O3. The molecule has 0 aliphatic heterocycles. The Balaban J connectivity index is 2.71. The van der Waals surface area contributed by atoms with Gasteiger partial charge < -0.3 is 15.7 Å². The zero-order chi connectivity index (χ0) is 18.8. The number of amides is 2. The van der Waals surface area contributed by atoms with Crippen molar-refractivity contribution in [3.8, 4) is 0 Å². The predicted molar refractivity (Wildman–Crippen MR) is 98.2 cm³/mol. The van der Waals surface area contributed by atoms with E-state index >= 15 is 0 Å². The lowest BCUT2D eigenvalue weighted by molar-refractivity contribution is -0.125. The number of nitrogens with one attached hydrogen (secondary N) is 2. The van der Waals surface area contributed by atoms with Crippen LogP contribution in [0.3, 0.4) is 0 Å². The van der Waals surface area contributed by atoms with Gasteiger partial charge >= 0.3 is 0 Å². The van der Waals surface area contributed by atoms with Gasteiger partial charge in [-0.15, -0.1) is 0 Å². The molecule has 6 heteroatoms. The molecule has 0 unspecified atom stereocenters. The molecule has 1 aromatic heterocycles. The summed E-state index contributed by atoms with van der Waals surface area (Å²) in [6.07, 6.45) is 2.72. The van der Waals surface area contributed by atoms with Gasteiger partial charge in [-0.2, -0.15) is 0 Å². The molecule has 6 nitrogen and oxygen atoms in total. The third kappa shape index (κ3) is 7.65. The van der Waals surface area contributed by atoms with Gasteiger partial charge in [-0.25, -0.2) is 4.98 Å². The summed E-state index contributed by atoms with van der Waals surface area (Å²) in [6.45, 7) is 8.23. The Kier molecular flexibility index (Phi) is 9.13. The van der Waals surface area contributed by atoms with Gasteiger partial charge in [0.15, 0.2) is 0 Å². The van der Waals surface area contributed by atoms with Crippen molar-refractivity contribution in [1.82, 2.24) is 15.6 Å². The minimum absolute atomic E-state index is 0.259. The number of nitrogens with zero attached hydrogens (tertiary/aromatic N) is 1. The van der Waals surface area contributed by atoms with Crippen LogP contribution < -0.4 is 10.6 Å². The summed E-state index contributed by atoms with van der Waals surface area (Å²) in [7, 11) is 0. The van der Waals surface area contributed by atoms with E-state index in [0.717, 1.165) is 31.4 Å². The Hall–Kier alpha value is -1.95. The first-order valence-corrected chi connectivity index (χ1v) is 9.07. The number of rotatable bonds is 10. The Morgan fingerprint density at radius 1 is 1.24 bits per heavy atom. The van der Waals surface area contributed by atoms with Crippen LogP contribution in [-0.4, -0.2) is 40.6 Å². The summed E-state index contributed by atoms with van der Waals surface area (Å²) >= 11 is 0. The lowest BCUT2D eigenvalue weighted by atomic mass is 10.1. The van der Waals surface area contributed by atoms with Crippen LogP contribution in [0.1, 0.15) is 63.1 Å². The maximum absolute atomic E-state index is 12.4. The Morgan fingerprint density at radius 3 is 2.56 bits per heavy atom. The minimum Gasteiger partial charge on any atom is -0.391 e. The number of aliphatic hydroxyl groups excluding tert-OH is 1. The molecule has 140 valence electrons. The van der Waals surface area contributed by atoms with Crippen LogP contribution in [0, 0.1) is 5.92 Å². The fraction of sp³-hybridized carbons (Fsp3) is 0.632. The van der Waals surface area contributed by atoms with E-state index in [2.05, 4.69) is 36.4 Å². The SMILES string of the molecule is CCCCc1cccc(C(=O)N[C@H](C(=O)NCCC(C)C)[C@@H](C)O)n1. The van der Waals surface area contributed by atoms with Crippen molar-refractivity contribution in [3.05, 3.63) is 29.6 Å². The molecule has 0 spiro atoms. The van der Waals surface area contributed by atoms with Crippen LogP contribution in [0.4, 0.5) is 0 Å². The van der Waals surface area contributed by atoms with E-state index < -0.39 is 18.1 Å². The van der Waals surface area contributed by atoms with Crippen molar-refractivity contribution in [2.24, 2.45) is 5.92 Å². The van der Waals surface area contributed by atoms with E-state index in [4.69, 9.17) is 0 Å². The number of hydrogen-bond acceptors (Lipinski definition) is 4. The molecule has 0 aromatic carbocycles. The number of aliphatic hydroxyl groups is 1. The van der Waals surface area contributed by atoms with E-state index in [0.29, 0.717) is 12.5 Å². The summed E-state index contributed by atoms with van der Waals surface area (Å²) < 4.78 is 0. The zero-order valence-corrected chi connectivity index (χ0v) is 15.7. The molecule has 0 aliphatic carbocycles. The molecule has 1 heterocycles. The van der Waals surface area contributed by atoms with Gasteiger partial charge in [0, 0.05) is 12.2 Å². The van der Waals surface area contributed by atoms with Gasteiger partial charge in [0.1, 0.15) is 11.7 Å². The van der Waals surface area contributed by atoms with Crippen LogP contribution in [-0.2, 0) is 11.2 Å². The minimum atomic E-state index is -0.999. The monoisotopic (exact) mass is 349 g/mol. The van der Waals surface area contributed by atoms with Crippen molar-refractivity contribution in [1.29, 1.82) is 0 Å². The van der Waals surface area contributed by atoms with Crippen LogP contribution in [0.2, 0.25) is 0 Å². The highest BCUT2D eigenvalue weighted by Crippen LogP contribution is 2.05. The van der Waals surface area contributed by atoms with Gasteiger partial charge in [-0.3, -0.25) is 9.59 Å². The van der Waals surface area contributed by atoms with E-state index in [-0.39, 0.29) is 11.6 Å². The Labute approximate surface area is 150 Å². The van der Waals surface area contributed by atoms with Gasteiger partial charge in [0.2, 0.25) is 5.91 Å². The fourth-order valence-corrected chi connectivity index (χ4v) is 2.32. The summed E-state index contributed by atoms with van der Waals surface area (Å²) in [5, 5.41) is 15.2. The van der Waals surface area contributed by atoms with Crippen molar-refractivity contribution in [3.63, 3.8) is 0 Å². The molecule has 3 N–H and O–H groups in total. The van der Waals surface area contributed by atoms with Crippen LogP contribution in [0.25, 0.3) is 0 Å². The highest BCUT2D eigenvalue weighted by atomic mass is 16.3. The molecule has 1 aromatic rings. The molecule has 1 rings (SSSR count). The van der Waals surface area contributed by atoms with Gasteiger partial charge in [0.05, 0.1) is 6.10 Å². The molecule has 0 saturated carbocycles. The van der Waals surface area contributed by atoms with E-state index in [1.807, 2.05) is 6.07 Å². The first-order chi connectivity index (χ1) is 11.8. The number of aromatic nitrogens is 1. The fourth-order valence-electron chi connectivity index (χ4n) is 2.32. The van der Waals surface area contributed by atoms with Crippen molar-refractivity contribution >= 4 is 11.8 Å². The summed E-state index contributed by atoms with van der Waals surface area (Å²) in [6, 6.07) is 4.28. The first kappa shape index (κ1) is 21.1. The van der Waals surface area contributed by atoms with E-state index in [9.17, 15) is 14.7 Å². The molecule has 0 fully saturated rings. The molecule has 2 atom stereocenters. The van der Waals surface area contributed by atoms with Crippen molar-refractivity contribution in [2.75, 3.05) is 6.54 Å². The van der Waals surface area contributed by atoms with Crippen LogP contribution in [0.5, 0.6) is 0 Å². The smallest absolute Gasteiger partial charge is 0.270 e. The molecule has 0 radical (unpaired) electrons. The van der Waals surface area contributed by atoms with Crippen LogP contribution in [0.15, 0.2) is 18.2 Å². The molecular weight excluding hydrogens is 318 g/mol. The van der Waals surface area contributed by atoms with E-state index in [1.165, 1.54) is 6.92 Å². The molecule has 0 aliphatic rings. The van der Waals surface area contributed by atoms with Crippen molar-refractivity contribution < 1.29 is 14.7 Å². The lowest BCUT2D eigenvalue weighted by Gasteiger charge is -2.21. The molecule has 2 amide bonds. The second-order valence-corrected chi connectivity index (χ2v) is 6.78. The van der Waals surface area contributed by atoms with Gasteiger partial charge in [-0.1, -0.05) is 33.3 Å². The van der Waals surface area contributed by atoms with Gasteiger partial charge in [0.25, 0.3) is 5.91 Å². The number of hydrogen-bond donors (Lipinski definition) is 3. The quantitative estimate of drug-likeness (QED) is 0.603. The average molecular weight is 349 g/mol. The highest BCUT2D eigenvalue weighted by Gasteiger charge is 2.26. The normalized spacial score (nSPS) is 13.4. The average Bonchev–Trinajstić information content (AvgIpc) is 2.57. The second-order valence-electron chi connectivity index (χ2n) is 6.78. The standard InChI is InChI=1S/C19H31N3O3/c1-5-6-8-15-9-7-10-16(21-15)18(24)22-17(14(4)23)19(25)20-12-11-13(2)3/h7,9-10,13-14,17,23H,5-6,8,11-12H2,1-4H3,(H,20,25)(H,22,24)/t14-,17+/m1/s1. The molecule has 0 saturated heterocycles. The van der Waals surface area contributed by atoms with E-state index in [1.54, 1.807) is 12.1 Å². The second kappa shape index (κ2) is 10.8. The molecule has 25 heavy (non-hydrogen) atoms. The number of unbranched alkanes of at least 4 members (excludes halogenated alkanes) is 1. The van der Waals surface area contributed by atoms with Crippen molar-refractivity contribution in [2.45, 2.75) is 65.5 Å². The lowest BCUT2D eigenvalue weighted by Crippen LogP contribution is -2.52. The third-order valence-corrected chi connectivity index (χ3v) is 3.90. The zero-order valence-electron chi connectivity index (χ0n) is 15.7. The maximum atomic E-state index is 12.4. The third-order valence-electron chi connectivity index (χ3n) is 3.90. The summed E-state index contributed by atoms with van der Waals surface area (Å²) in [5.74, 6) is -0.371. The number of carbonyl (C=O) groups excluding carboxylic acids is 2. The predicted octanol–water partition coefficient (Wildman–Crippen LogP) is 2.07. The molecule has 0 bridgehead atoms.